The second-order valence-corrected chi connectivity index (χ2v) is 6.61. The molecule has 5 nitrogen and oxygen atoms in total. The van der Waals surface area contributed by atoms with Gasteiger partial charge in [-0.1, -0.05) is 25.4 Å². The van der Waals surface area contributed by atoms with Crippen molar-refractivity contribution in [1.82, 2.24) is 20.2 Å². The minimum absolute atomic E-state index is 0. The summed E-state index contributed by atoms with van der Waals surface area (Å²) in [6.45, 7) is 6.61. The van der Waals surface area contributed by atoms with Crippen LogP contribution in [0.4, 0.5) is 0 Å². The van der Waals surface area contributed by atoms with Crippen LogP contribution in [-0.4, -0.2) is 47.5 Å². The minimum atomic E-state index is -0.0682. The molecule has 130 valence electrons. The number of carbonyl (C=O) groups is 1. The molecule has 1 N–H and O–H groups in total. The van der Waals surface area contributed by atoms with E-state index in [4.69, 9.17) is 11.6 Å². The Balaban J connectivity index is 0.00000264. The third kappa shape index (κ3) is 5.30. The van der Waals surface area contributed by atoms with Crippen molar-refractivity contribution >= 4 is 29.9 Å². The van der Waals surface area contributed by atoms with E-state index in [0.29, 0.717) is 22.5 Å². The van der Waals surface area contributed by atoms with Crippen molar-refractivity contribution < 1.29 is 4.79 Å². The molecule has 1 amide bonds. The lowest BCUT2D eigenvalue weighted by Crippen LogP contribution is -2.39. The zero-order valence-electron chi connectivity index (χ0n) is 14.0. The summed E-state index contributed by atoms with van der Waals surface area (Å²) in [5, 5.41) is 3.52. The maximum absolute atomic E-state index is 12.7. The maximum Gasteiger partial charge on any atom is 0.274 e. The molecule has 1 aromatic rings. The molecule has 1 aromatic heterocycles. The summed E-state index contributed by atoms with van der Waals surface area (Å²) in [5.74, 6) is 1.47. The molecule has 1 aliphatic rings. The summed E-state index contributed by atoms with van der Waals surface area (Å²) in [6, 6.07) is 0. The summed E-state index contributed by atoms with van der Waals surface area (Å²) < 4.78 is 0. The smallest absolute Gasteiger partial charge is 0.274 e. The number of nitrogens with one attached hydrogen (secondary N) is 1. The van der Waals surface area contributed by atoms with E-state index in [0.717, 1.165) is 32.5 Å². The van der Waals surface area contributed by atoms with Crippen molar-refractivity contribution in [2.24, 2.45) is 5.92 Å². The Morgan fingerprint density at radius 1 is 1.43 bits per heavy atom. The van der Waals surface area contributed by atoms with E-state index >= 15 is 0 Å². The van der Waals surface area contributed by atoms with Crippen LogP contribution in [0.15, 0.2) is 6.20 Å². The highest BCUT2D eigenvalue weighted by Crippen LogP contribution is 2.23. The third-order valence-electron chi connectivity index (χ3n) is 4.19. The van der Waals surface area contributed by atoms with Gasteiger partial charge in [-0.25, -0.2) is 9.97 Å². The molecular formula is C16H26Cl2N4O. The fourth-order valence-electron chi connectivity index (χ4n) is 2.73. The molecule has 7 heteroatoms. The van der Waals surface area contributed by atoms with Crippen LogP contribution in [-0.2, 0) is 0 Å². The summed E-state index contributed by atoms with van der Waals surface area (Å²) in [4.78, 5) is 23.1. The number of nitrogens with zero attached hydrogens (tertiary/aromatic N) is 3. The molecule has 0 unspecified atom stereocenters. The quantitative estimate of drug-likeness (QED) is 0.875. The Hall–Kier alpha value is -0.910. The minimum Gasteiger partial charge on any atom is -0.337 e. The van der Waals surface area contributed by atoms with Crippen LogP contribution in [0.5, 0.6) is 0 Å². The van der Waals surface area contributed by atoms with E-state index in [2.05, 4.69) is 15.3 Å². The number of hydrogen-bond donors (Lipinski definition) is 1. The van der Waals surface area contributed by atoms with Gasteiger partial charge in [-0.2, -0.15) is 0 Å². The number of likely N-dealkylation sites (tertiary alicyclic amines) is 1. The number of amides is 1. The molecule has 1 saturated heterocycles. The molecule has 0 atom stereocenters. The number of piperidine rings is 1. The first-order valence-electron chi connectivity index (χ1n) is 7.99. The third-order valence-corrected chi connectivity index (χ3v) is 4.46. The number of aromatic nitrogens is 2. The summed E-state index contributed by atoms with van der Waals surface area (Å²) >= 11 is 6.13. The Morgan fingerprint density at radius 3 is 2.65 bits per heavy atom. The average molecular weight is 361 g/mol. The molecule has 1 fully saturated rings. The van der Waals surface area contributed by atoms with E-state index in [1.165, 1.54) is 12.6 Å². The van der Waals surface area contributed by atoms with Crippen LogP contribution in [0, 0.1) is 5.92 Å². The van der Waals surface area contributed by atoms with Crippen LogP contribution in [0.1, 0.15) is 55.3 Å². The Labute approximate surface area is 149 Å². The van der Waals surface area contributed by atoms with Crippen LogP contribution in [0.25, 0.3) is 0 Å². The first kappa shape index (κ1) is 20.1. The fourth-order valence-corrected chi connectivity index (χ4v) is 2.90. The highest BCUT2D eigenvalue weighted by molar-refractivity contribution is 6.33. The van der Waals surface area contributed by atoms with E-state index in [9.17, 15) is 4.79 Å². The van der Waals surface area contributed by atoms with Gasteiger partial charge in [0.15, 0.2) is 5.69 Å². The SMILES string of the molecule is CNCCC1CCN(C(=O)c2nc(C(C)C)ncc2Cl)CC1.Cl. The Morgan fingerprint density at radius 2 is 2.09 bits per heavy atom. The van der Waals surface area contributed by atoms with Crippen molar-refractivity contribution in [2.45, 2.75) is 39.0 Å². The lowest BCUT2D eigenvalue weighted by molar-refractivity contribution is 0.0681. The predicted molar refractivity (Wildman–Crippen MR) is 95.6 cm³/mol. The number of carbonyl (C=O) groups excluding carboxylic acids is 1. The first-order valence-corrected chi connectivity index (χ1v) is 8.37. The number of rotatable bonds is 5. The Kier molecular flexibility index (Phi) is 8.23. The largest absolute Gasteiger partial charge is 0.337 e. The molecule has 0 aliphatic carbocycles. The van der Waals surface area contributed by atoms with Crippen molar-refractivity contribution in [2.75, 3.05) is 26.7 Å². The molecule has 0 spiro atoms. The monoisotopic (exact) mass is 360 g/mol. The summed E-state index contributed by atoms with van der Waals surface area (Å²) in [6.07, 6.45) is 4.81. The summed E-state index contributed by atoms with van der Waals surface area (Å²) in [5.41, 5.74) is 0.342. The standard InChI is InChI=1S/C16H25ClN4O.ClH/c1-11(2)15-19-10-13(17)14(20-15)16(22)21-8-5-12(6-9-21)4-7-18-3;/h10-12,18H,4-9H2,1-3H3;1H. The van der Waals surface area contributed by atoms with Gasteiger partial charge in [0.05, 0.1) is 11.2 Å². The van der Waals surface area contributed by atoms with Gasteiger partial charge in [0.2, 0.25) is 0 Å². The molecular weight excluding hydrogens is 335 g/mol. The zero-order chi connectivity index (χ0) is 16.1. The fraction of sp³-hybridized carbons (Fsp3) is 0.688. The molecule has 2 rings (SSSR count). The van der Waals surface area contributed by atoms with Crippen molar-refractivity contribution in [3.63, 3.8) is 0 Å². The van der Waals surface area contributed by atoms with Crippen LogP contribution < -0.4 is 5.32 Å². The molecule has 0 aromatic carbocycles. The summed E-state index contributed by atoms with van der Waals surface area (Å²) in [7, 11) is 1.97. The lowest BCUT2D eigenvalue weighted by atomic mass is 9.93. The lowest BCUT2D eigenvalue weighted by Gasteiger charge is -2.32. The van der Waals surface area contributed by atoms with Gasteiger partial charge >= 0.3 is 0 Å². The maximum atomic E-state index is 12.7. The van der Waals surface area contributed by atoms with Crippen molar-refractivity contribution in [3.05, 3.63) is 22.7 Å². The van der Waals surface area contributed by atoms with Crippen molar-refractivity contribution in [3.8, 4) is 0 Å². The second kappa shape index (κ2) is 9.40. The Bertz CT molecular complexity index is 517. The topological polar surface area (TPSA) is 58.1 Å². The van der Waals surface area contributed by atoms with Gasteiger partial charge in [0.25, 0.3) is 5.91 Å². The predicted octanol–water partition coefficient (Wildman–Crippen LogP) is 3.14. The zero-order valence-corrected chi connectivity index (χ0v) is 15.6. The van der Waals surface area contributed by atoms with Gasteiger partial charge in [-0.3, -0.25) is 4.79 Å². The molecule has 1 aliphatic heterocycles. The normalized spacial score (nSPS) is 15.6. The molecule has 0 bridgehead atoms. The molecule has 0 radical (unpaired) electrons. The van der Waals surface area contributed by atoms with E-state index in [-0.39, 0.29) is 24.2 Å². The van der Waals surface area contributed by atoms with E-state index < -0.39 is 0 Å². The average Bonchev–Trinajstić information content (AvgIpc) is 2.53. The number of hydrogen-bond acceptors (Lipinski definition) is 4. The van der Waals surface area contributed by atoms with Crippen LogP contribution in [0.2, 0.25) is 5.02 Å². The van der Waals surface area contributed by atoms with Gasteiger partial charge in [0.1, 0.15) is 5.82 Å². The highest BCUT2D eigenvalue weighted by atomic mass is 35.5. The van der Waals surface area contributed by atoms with Gasteiger partial charge in [-0.05, 0) is 38.8 Å². The van der Waals surface area contributed by atoms with Gasteiger partial charge in [0, 0.05) is 19.0 Å². The first-order chi connectivity index (χ1) is 10.5. The second-order valence-electron chi connectivity index (χ2n) is 6.21. The number of halogens is 2. The van der Waals surface area contributed by atoms with E-state index in [1.807, 2.05) is 25.8 Å². The van der Waals surface area contributed by atoms with Crippen molar-refractivity contribution in [1.29, 1.82) is 0 Å². The van der Waals surface area contributed by atoms with Crippen LogP contribution >= 0.6 is 24.0 Å². The molecule has 2 heterocycles. The highest BCUT2D eigenvalue weighted by Gasteiger charge is 2.26. The molecule has 23 heavy (non-hydrogen) atoms. The van der Waals surface area contributed by atoms with E-state index in [1.54, 1.807) is 0 Å². The molecule has 0 saturated carbocycles. The van der Waals surface area contributed by atoms with Gasteiger partial charge in [-0.15, -0.1) is 12.4 Å². The van der Waals surface area contributed by atoms with Gasteiger partial charge < -0.3 is 10.2 Å². The van der Waals surface area contributed by atoms with Crippen LogP contribution in [0.3, 0.4) is 0 Å².